The van der Waals surface area contributed by atoms with Gasteiger partial charge in [-0.1, -0.05) is 104 Å². The molecule has 0 radical (unpaired) electrons. The van der Waals surface area contributed by atoms with Crippen molar-refractivity contribution in [3.8, 4) is 27.9 Å². The summed E-state index contributed by atoms with van der Waals surface area (Å²) in [6, 6.07) is 50.0. The van der Waals surface area contributed by atoms with Crippen LogP contribution in [0.4, 0.5) is 0 Å². The van der Waals surface area contributed by atoms with Crippen molar-refractivity contribution in [3.63, 3.8) is 0 Å². The number of aromatic nitrogens is 4. The maximum atomic E-state index is 4.96. The molecule has 0 saturated heterocycles. The van der Waals surface area contributed by atoms with Crippen LogP contribution >= 0.6 is 0 Å². The van der Waals surface area contributed by atoms with E-state index >= 15 is 0 Å². The van der Waals surface area contributed by atoms with Crippen molar-refractivity contribution in [3.05, 3.63) is 181 Å². The number of hydrogen-bond acceptors (Lipinski definition) is 2. The molecule has 0 fully saturated rings. The summed E-state index contributed by atoms with van der Waals surface area (Å²) >= 11 is 0. The number of para-hydroxylation sites is 4. The third kappa shape index (κ3) is 4.99. The predicted octanol–water partition coefficient (Wildman–Crippen LogP) is 12.0. The number of allylic oxidation sites excluding steroid dienone is 2. The molecule has 0 saturated carbocycles. The zero-order chi connectivity index (χ0) is 34.6. The monoisotopic (exact) mass is 656 g/mol. The van der Waals surface area contributed by atoms with Gasteiger partial charge in [-0.3, -0.25) is 9.13 Å². The second-order valence-corrected chi connectivity index (χ2v) is 13.2. The van der Waals surface area contributed by atoms with E-state index in [-0.39, 0.29) is 0 Å². The standard InChI is InChI=1S/C47H36N4/c1-5-14-43(50-31(3)48-41-18-9-11-20-45(41)50)39-29-40-38(17-13-22-44(40)51-32(4)49-42-19-10-12-21-46(42)51)47(30(39)2)37-26-25-35-27-34(23-24-36(35)28-37)33-15-7-6-8-16-33/h5-29H,1H2,2-4H3/b43-14+. The van der Waals surface area contributed by atoms with E-state index in [1.165, 1.54) is 44.0 Å². The summed E-state index contributed by atoms with van der Waals surface area (Å²) in [6.45, 7) is 10.6. The highest BCUT2D eigenvalue weighted by atomic mass is 15.1. The Morgan fingerprint density at radius 2 is 1.22 bits per heavy atom. The van der Waals surface area contributed by atoms with Gasteiger partial charge in [0.15, 0.2) is 0 Å². The van der Waals surface area contributed by atoms with Gasteiger partial charge in [0.2, 0.25) is 0 Å². The molecule has 0 amide bonds. The lowest BCUT2D eigenvalue weighted by Crippen LogP contribution is -2.06. The Hall–Kier alpha value is -6.52. The van der Waals surface area contributed by atoms with Crippen molar-refractivity contribution < 1.29 is 0 Å². The van der Waals surface area contributed by atoms with Crippen LogP contribution in [0.15, 0.2) is 158 Å². The van der Waals surface area contributed by atoms with Crippen molar-refractivity contribution in [1.82, 2.24) is 19.1 Å². The zero-order valence-electron chi connectivity index (χ0n) is 28.9. The molecule has 0 unspecified atom stereocenters. The summed E-state index contributed by atoms with van der Waals surface area (Å²) in [7, 11) is 0. The Morgan fingerprint density at radius 1 is 0.569 bits per heavy atom. The first-order valence-corrected chi connectivity index (χ1v) is 17.4. The number of aryl methyl sites for hydroxylation is 2. The van der Waals surface area contributed by atoms with E-state index in [4.69, 9.17) is 9.97 Å². The van der Waals surface area contributed by atoms with Gasteiger partial charge in [-0.15, -0.1) is 0 Å². The highest BCUT2D eigenvalue weighted by Crippen LogP contribution is 2.42. The SMILES string of the molecule is C=C/C=C(\c1cc2c(-n3c(C)nc4ccccc43)cccc2c(-c2ccc3cc(-c4ccccc4)ccc3c2)c1C)n1c(C)nc2ccccc21. The molecule has 9 aromatic rings. The average Bonchev–Trinajstić information content (AvgIpc) is 3.68. The molecular weight excluding hydrogens is 621 g/mol. The van der Waals surface area contributed by atoms with Crippen LogP contribution in [0.25, 0.3) is 77.2 Å². The molecule has 7 aromatic carbocycles. The van der Waals surface area contributed by atoms with Crippen molar-refractivity contribution in [2.45, 2.75) is 20.8 Å². The van der Waals surface area contributed by atoms with Gasteiger partial charge >= 0.3 is 0 Å². The second kappa shape index (κ2) is 12.1. The lowest BCUT2D eigenvalue weighted by atomic mass is 9.87. The van der Waals surface area contributed by atoms with Gasteiger partial charge in [-0.05, 0) is 119 Å². The third-order valence-corrected chi connectivity index (χ3v) is 10.1. The quantitative estimate of drug-likeness (QED) is 0.167. The van der Waals surface area contributed by atoms with E-state index in [1.807, 2.05) is 12.1 Å². The van der Waals surface area contributed by atoms with Gasteiger partial charge in [0.05, 0.1) is 33.5 Å². The molecule has 2 heterocycles. The predicted molar refractivity (Wildman–Crippen MR) is 214 cm³/mol. The van der Waals surface area contributed by atoms with Gasteiger partial charge in [-0.2, -0.15) is 0 Å². The Morgan fingerprint density at radius 3 is 1.98 bits per heavy atom. The molecule has 0 aliphatic rings. The van der Waals surface area contributed by atoms with Crippen molar-refractivity contribution in [2.24, 2.45) is 0 Å². The highest BCUT2D eigenvalue weighted by molar-refractivity contribution is 6.07. The Bertz CT molecular complexity index is 2850. The fraction of sp³-hybridized carbons (Fsp3) is 0.0638. The van der Waals surface area contributed by atoms with E-state index < -0.39 is 0 Å². The highest BCUT2D eigenvalue weighted by Gasteiger charge is 2.22. The number of nitrogens with zero attached hydrogens (tertiary/aromatic N) is 4. The summed E-state index contributed by atoms with van der Waals surface area (Å²) in [5.41, 5.74) is 13.4. The van der Waals surface area contributed by atoms with Crippen molar-refractivity contribution >= 4 is 49.3 Å². The van der Waals surface area contributed by atoms with Gasteiger partial charge in [0.1, 0.15) is 11.6 Å². The van der Waals surface area contributed by atoms with Crippen molar-refractivity contribution in [1.29, 1.82) is 0 Å². The summed E-state index contributed by atoms with van der Waals surface area (Å²) in [4.78, 5) is 9.91. The summed E-state index contributed by atoms with van der Waals surface area (Å²) in [5.74, 6) is 1.88. The van der Waals surface area contributed by atoms with Gasteiger partial charge < -0.3 is 0 Å². The topological polar surface area (TPSA) is 35.6 Å². The smallest absolute Gasteiger partial charge is 0.111 e. The van der Waals surface area contributed by atoms with E-state index in [9.17, 15) is 0 Å². The van der Waals surface area contributed by atoms with Gasteiger partial charge in [0, 0.05) is 10.9 Å². The van der Waals surface area contributed by atoms with Crippen LogP contribution in [-0.4, -0.2) is 19.1 Å². The summed E-state index contributed by atoms with van der Waals surface area (Å²) < 4.78 is 4.56. The zero-order valence-corrected chi connectivity index (χ0v) is 28.9. The van der Waals surface area contributed by atoms with Crippen molar-refractivity contribution in [2.75, 3.05) is 0 Å². The summed E-state index contributed by atoms with van der Waals surface area (Å²) in [5, 5.41) is 4.76. The first-order chi connectivity index (χ1) is 25.0. The molecule has 0 spiro atoms. The third-order valence-electron chi connectivity index (χ3n) is 10.1. The second-order valence-electron chi connectivity index (χ2n) is 13.2. The molecule has 51 heavy (non-hydrogen) atoms. The summed E-state index contributed by atoms with van der Waals surface area (Å²) in [6.07, 6.45) is 4.00. The lowest BCUT2D eigenvalue weighted by Gasteiger charge is -2.22. The minimum atomic E-state index is 0.926. The molecule has 9 rings (SSSR count). The molecule has 4 nitrogen and oxygen atoms in total. The van der Waals surface area contributed by atoms with Gasteiger partial charge in [0.25, 0.3) is 0 Å². The van der Waals surface area contributed by atoms with Crippen LogP contribution in [0.3, 0.4) is 0 Å². The number of benzene rings is 7. The molecule has 0 aliphatic heterocycles. The molecular formula is C47H36N4. The molecule has 0 N–H and O–H groups in total. The molecule has 244 valence electrons. The maximum Gasteiger partial charge on any atom is 0.111 e. The average molecular weight is 657 g/mol. The van der Waals surface area contributed by atoms with Crippen LogP contribution in [0.2, 0.25) is 0 Å². The van der Waals surface area contributed by atoms with E-state index in [0.717, 1.165) is 56.0 Å². The van der Waals surface area contributed by atoms with Crippen LogP contribution < -0.4 is 0 Å². The minimum absolute atomic E-state index is 0.926. The fourth-order valence-corrected chi connectivity index (χ4v) is 7.85. The molecule has 0 atom stereocenters. The van der Waals surface area contributed by atoms with Crippen LogP contribution in [0.1, 0.15) is 22.8 Å². The Balaban J connectivity index is 1.35. The van der Waals surface area contributed by atoms with Crippen LogP contribution in [0, 0.1) is 20.8 Å². The van der Waals surface area contributed by atoms with E-state index in [1.54, 1.807) is 0 Å². The van der Waals surface area contributed by atoms with Crippen LogP contribution in [0.5, 0.6) is 0 Å². The first kappa shape index (κ1) is 30.5. The van der Waals surface area contributed by atoms with E-state index in [0.29, 0.717) is 0 Å². The lowest BCUT2D eigenvalue weighted by molar-refractivity contribution is 1.01. The maximum absolute atomic E-state index is 4.96. The Labute approximate surface area is 297 Å². The molecule has 0 bridgehead atoms. The first-order valence-electron chi connectivity index (χ1n) is 17.4. The largest absolute Gasteiger partial charge is 0.296 e. The van der Waals surface area contributed by atoms with E-state index in [2.05, 4.69) is 176 Å². The normalized spacial score (nSPS) is 12.0. The fourth-order valence-electron chi connectivity index (χ4n) is 7.85. The van der Waals surface area contributed by atoms with Gasteiger partial charge in [-0.25, -0.2) is 9.97 Å². The molecule has 4 heteroatoms. The minimum Gasteiger partial charge on any atom is -0.296 e. The number of fused-ring (bicyclic) bond motifs is 4. The molecule has 2 aromatic heterocycles. The number of hydrogen-bond donors (Lipinski definition) is 0. The van der Waals surface area contributed by atoms with Crippen LogP contribution in [-0.2, 0) is 0 Å². The number of rotatable bonds is 6. The molecule has 0 aliphatic carbocycles. The Kier molecular flexibility index (Phi) is 7.25. The number of imidazole rings is 2.